The van der Waals surface area contributed by atoms with Gasteiger partial charge in [-0.1, -0.05) is 31.3 Å². The van der Waals surface area contributed by atoms with Crippen molar-refractivity contribution in [2.45, 2.75) is 82.8 Å². The Morgan fingerprint density at radius 3 is 2.75 bits per heavy atom. The standard InChI is InChI=1S/C23H33NO4/c1-2-3-13-26-21-11-10-18(20-16-23(28-24-20)12-14-25-17-23)15-22(21)27-19-8-6-4-5-7-9-19/h10-11,15,19H,2-9,12-14,16-17H2,1H3. The third-order valence-corrected chi connectivity index (χ3v) is 6.03. The van der Waals surface area contributed by atoms with Crippen molar-refractivity contribution in [2.24, 2.45) is 5.16 Å². The SMILES string of the molecule is CCCCOc1ccc(C2=NOC3(CCOC3)C2)cc1OC1CCCCCC1. The number of oxime groups is 1. The third-order valence-electron chi connectivity index (χ3n) is 6.03. The Kier molecular flexibility index (Phi) is 6.40. The van der Waals surface area contributed by atoms with E-state index in [0.717, 1.165) is 74.5 Å². The first-order valence-electron chi connectivity index (χ1n) is 11.0. The van der Waals surface area contributed by atoms with Crippen LogP contribution in [0.2, 0.25) is 0 Å². The molecule has 1 spiro atoms. The van der Waals surface area contributed by atoms with Crippen LogP contribution in [0, 0.1) is 0 Å². The summed E-state index contributed by atoms with van der Waals surface area (Å²) in [6.45, 7) is 4.28. The fourth-order valence-corrected chi connectivity index (χ4v) is 4.24. The van der Waals surface area contributed by atoms with E-state index >= 15 is 0 Å². The summed E-state index contributed by atoms with van der Waals surface area (Å²) in [7, 11) is 0. The van der Waals surface area contributed by atoms with E-state index in [1.54, 1.807) is 0 Å². The monoisotopic (exact) mass is 387 g/mol. The number of hydrogen-bond acceptors (Lipinski definition) is 5. The van der Waals surface area contributed by atoms with Gasteiger partial charge in [-0.05, 0) is 50.3 Å². The van der Waals surface area contributed by atoms with Crippen molar-refractivity contribution in [1.82, 2.24) is 0 Å². The highest BCUT2D eigenvalue weighted by atomic mass is 16.7. The number of benzene rings is 1. The van der Waals surface area contributed by atoms with Crippen LogP contribution in [-0.4, -0.2) is 37.2 Å². The molecule has 1 atom stereocenters. The van der Waals surface area contributed by atoms with E-state index in [9.17, 15) is 0 Å². The number of hydrogen-bond donors (Lipinski definition) is 0. The molecular formula is C23H33NO4. The van der Waals surface area contributed by atoms with Gasteiger partial charge in [0.15, 0.2) is 17.1 Å². The maximum Gasteiger partial charge on any atom is 0.168 e. The summed E-state index contributed by atoms with van der Waals surface area (Å²) in [5.41, 5.74) is 1.79. The fraction of sp³-hybridized carbons (Fsp3) is 0.696. The lowest BCUT2D eigenvalue weighted by molar-refractivity contribution is -0.0237. The minimum absolute atomic E-state index is 0.256. The molecule has 0 aromatic heterocycles. The van der Waals surface area contributed by atoms with Gasteiger partial charge < -0.3 is 19.0 Å². The van der Waals surface area contributed by atoms with E-state index in [-0.39, 0.29) is 11.7 Å². The molecule has 3 aliphatic rings. The molecule has 1 unspecified atom stereocenters. The Bertz CT molecular complexity index is 673. The molecule has 1 saturated heterocycles. The lowest BCUT2D eigenvalue weighted by Gasteiger charge is -2.20. The molecule has 1 aromatic rings. The van der Waals surface area contributed by atoms with Crippen molar-refractivity contribution >= 4 is 5.71 Å². The second kappa shape index (κ2) is 9.17. The van der Waals surface area contributed by atoms with E-state index in [4.69, 9.17) is 19.0 Å². The van der Waals surface area contributed by atoms with Crippen molar-refractivity contribution in [2.75, 3.05) is 19.8 Å². The van der Waals surface area contributed by atoms with Crippen molar-refractivity contribution in [3.63, 3.8) is 0 Å². The first kappa shape index (κ1) is 19.6. The van der Waals surface area contributed by atoms with Crippen LogP contribution in [0.1, 0.15) is 76.7 Å². The fourth-order valence-electron chi connectivity index (χ4n) is 4.24. The van der Waals surface area contributed by atoms with Gasteiger partial charge in [-0.2, -0.15) is 0 Å². The molecule has 1 aromatic carbocycles. The van der Waals surface area contributed by atoms with Crippen LogP contribution < -0.4 is 9.47 Å². The summed E-state index contributed by atoms with van der Waals surface area (Å²) in [5, 5.41) is 4.39. The van der Waals surface area contributed by atoms with Crippen LogP contribution in [-0.2, 0) is 9.57 Å². The van der Waals surface area contributed by atoms with Crippen molar-refractivity contribution in [3.05, 3.63) is 23.8 Å². The van der Waals surface area contributed by atoms with Gasteiger partial charge in [0.05, 0.1) is 31.6 Å². The lowest BCUT2D eigenvalue weighted by atomic mass is 9.93. The Hall–Kier alpha value is -1.75. The zero-order chi connectivity index (χ0) is 19.2. The number of nitrogens with zero attached hydrogens (tertiary/aromatic N) is 1. The molecular weight excluding hydrogens is 354 g/mol. The first-order valence-corrected chi connectivity index (χ1v) is 11.0. The summed E-state index contributed by atoms with van der Waals surface area (Å²) in [6, 6.07) is 6.22. The Balaban J connectivity index is 1.51. The number of unbranched alkanes of at least 4 members (excludes halogenated alkanes) is 1. The molecule has 154 valence electrons. The van der Waals surface area contributed by atoms with E-state index in [2.05, 4.69) is 24.2 Å². The molecule has 1 aliphatic carbocycles. The molecule has 2 aliphatic heterocycles. The van der Waals surface area contributed by atoms with Crippen LogP contribution in [0.5, 0.6) is 11.5 Å². The topological polar surface area (TPSA) is 49.3 Å². The van der Waals surface area contributed by atoms with Gasteiger partial charge in [-0.25, -0.2) is 0 Å². The third kappa shape index (κ3) is 4.62. The molecule has 5 nitrogen and oxygen atoms in total. The molecule has 2 heterocycles. The molecule has 0 radical (unpaired) electrons. The quantitative estimate of drug-likeness (QED) is 0.473. The van der Waals surface area contributed by atoms with Gasteiger partial charge in [-0.3, -0.25) is 0 Å². The normalized spacial score (nSPS) is 25.4. The summed E-state index contributed by atoms with van der Waals surface area (Å²) in [5.74, 6) is 1.70. The average molecular weight is 388 g/mol. The summed E-state index contributed by atoms with van der Waals surface area (Å²) in [4.78, 5) is 5.78. The van der Waals surface area contributed by atoms with Crippen LogP contribution in [0.3, 0.4) is 0 Å². The average Bonchev–Trinajstić information content (AvgIpc) is 3.27. The minimum atomic E-state index is -0.256. The van der Waals surface area contributed by atoms with Gasteiger partial charge in [-0.15, -0.1) is 0 Å². The predicted molar refractivity (Wildman–Crippen MR) is 109 cm³/mol. The highest BCUT2D eigenvalue weighted by Crippen LogP contribution is 2.37. The molecule has 5 heteroatoms. The number of rotatable bonds is 7. The smallest absolute Gasteiger partial charge is 0.168 e. The van der Waals surface area contributed by atoms with Gasteiger partial charge >= 0.3 is 0 Å². The summed E-state index contributed by atoms with van der Waals surface area (Å²) >= 11 is 0. The van der Waals surface area contributed by atoms with E-state index in [1.807, 2.05) is 6.07 Å². The van der Waals surface area contributed by atoms with Gasteiger partial charge in [0.1, 0.15) is 0 Å². The molecule has 1 saturated carbocycles. The van der Waals surface area contributed by atoms with Crippen LogP contribution in [0.15, 0.2) is 23.4 Å². The molecule has 0 bridgehead atoms. The molecule has 28 heavy (non-hydrogen) atoms. The zero-order valence-corrected chi connectivity index (χ0v) is 17.1. The van der Waals surface area contributed by atoms with Crippen LogP contribution in [0.4, 0.5) is 0 Å². The van der Waals surface area contributed by atoms with Gasteiger partial charge in [0, 0.05) is 18.4 Å². The second-order valence-electron chi connectivity index (χ2n) is 8.39. The largest absolute Gasteiger partial charge is 0.490 e. The van der Waals surface area contributed by atoms with Gasteiger partial charge in [0.25, 0.3) is 0 Å². The maximum absolute atomic E-state index is 6.47. The van der Waals surface area contributed by atoms with Gasteiger partial charge in [0.2, 0.25) is 0 Å². The Morgan fingerprint density at radius 2 is 2.00 bits per heavy atom. The second-order valence-corrected chi connectivity index (χ2v) is 8.39. The van der Waals surface area contributed by atoms with Crippen molar-refractivity contribution in [3.8, 4) is 11.5 Å². The highest BCUT2D eigenvalue weighted by molar-refractivity contribution is 6.02. The minimum Gasteiger partial charge on any atom is -0.490 e. The first-order chi connectivity index (χ1) is 13.8. The van der Waals surface area contributed by atoms with E-state index < -0.39 is 0 Å². The summed E-state index contributed by atoms with van der Waals surface area (Å²) < 4.78 is 18.0. The Morgan fingerprint density at radius 1 is 1.14 bits per heavy atom. The van der Waals surface area contributed by atoms with Crippen LogP contribution >= 0.6 is 0 Å². The van der Waals surface area contributed by atoms with E-state index in [0.29, 0.717) is 6.61 Å². The van der Waals surface area contributed by atoms with Crippen molar-refractivity contribution < 1.29 is 19.0 Å². The van der Waals surface area contributed by atoms with Crippen molar-refractivity contribution in [1.29, 1.82) is 0 Å². The molecule has 0 N–H and O–H groups in total. The predicted octanol–water partition coefficient (Wildman–Crippen LogP) is 5.25. The molecule has 4 rings (SSSR count). The Labute approximate surface area is 168 Å². The van der Waals surface area contributed by atoms with Crippen LogP contribution in [0.25, 0.3) is 0 Å². The summed E-state index contributed by atoms with van der Waals surface area (Å²) in [6.07, 6.45) is 11.5. The zero-order valence-electron chi connectivity index (χ0n) is 17.1. The number of ether oxygens (including phenoxy) is 3. The maximum atomic E-state index is 6.47. The molecule has 2 fully saturated rings. The highest BCUT2D eigenvalue weighted by Gasteiger charge is 2.43. The lowest BCUT2D eigenvalue weighted by Crippen LogP contribution is -2.29. The molecule has 0 amide bonds. The van der Waals surface area contributed by atoms with E-state index in [1.165, 1.54) is 25.7 Å².